The molecule has 152 valence electrons. The number of halogens is 1. The van der Waals surface area contributed by atoms with E-state index in [-0.39, 0.29) is 17.4 Å². The van der Waals surface area contributed by atoms with Gasteiger partial charge in [0.25, 0.3) is 0 Å². The first-order valence-electron chi connectivity index (χ1n) is 9.20. The molecule has 2 heterocycles. The van der Waals surface area contributed by atoms with Crippen molar-refractivity contribution >= 4 is 21.5 Å². The summed E-state index contributed by atoms with van der Waals surface area (Å²) in [5.41, 5.74) is 3.26. The van der Waals surface area contributed by atoms with Gasteiger partial charge in [-0.3, -0.25) is 4.79 Å². The van der Waals surface area contributed by atoms with Crippen molar-refractivity contribution in [2.24, 2.45) is 0 Å². The van der Waals surface area contributed by atoms with Crippen LogP contribution in [0.3, 0.4) is 0 Å². The first kappa shape index (κ1) is 19.5. The van der Waals surface area contributed by atoms with E-state index in [9.17, 15) is 22.7 Å². The highest BCUT2D eigenvalue weighted by atomic mass is 32.2. The van der Waals surface area contributed by atoms with Crippen LogP contribution in [0.1, 0.15) is 23.2 Å². The Morgan fingerprint density at radius 2 is 2.03 bits per heavy atom. The van der Waals surface area contributed by atoms with Gasteiger partial charge in [-0.25, -0.2) is 17.3 Å². The molecule has 1 aliphatic carbocycles. The minimum Gasteiger partial charge on any atom is -0.481 e. The van der Waals surface area contributed by atoms with Crippen molar-refractivity contribution in [3.8, 4) is 0 Å². The van der Waals surface area contributed by atoms with Gasteiger partial charge in [-0.15, -0.1) is 0 Å². The van der Waals surface area contributed by atoms with Crippen molar-refractivity contribution in [3.63, 3.8) is 0 Å². The Balaban J connectivity index is 1.70. The lowest BCUT2D eigenvalue weighted by atomic mass is 9.90. The molecule has 29 heavy (non-hydrogen) atoms. The van der Waals surface area contributed by atoms with Gasteiger partial charge in [0.15, 0.2) is 0 Å². The second kappa shape index (κ2) is 7.23. The molecule has 1 aromatic carbocycles. The number of rotatable bonds is 5. The molecule has 0 aliphatic heterocycles. The number of hydrogen-bond donors (Lipinski definition) is 1. The molecule has 1 unspecified atom stereocenters. The van der Waals surface area contributed by atoms with Gasteiger partial charge in [0.05, 0.1) is 16.8 Å². The van der Waals surface area contributed by atoms with Gasteiger partial charge in [-0.1, -0.05) is 0 Å². The largest absolute Gasteiger partial charge is 0.481 e. The van der Waals surface area contributed by atoms with Crippen LogP contribution in [0.15, 0.2) is 47.5 Å². The van der Waals surface area contributed by atoms with E-state index in [2.05, 4.69) is 5.10 Å². The number of hydrogen-bond acceptors (Lipinski definition) is 4. The molecule has 1 N–H and O–H groups in total. The highest BCUT2D eigenvalue weighted by Crippen LogP contribution is 2.33. The molecule has 9 heteroatoms. The third-order valence-corrected chi connectivity index (χ3v) is 7.44. The molecule has 0 amide bonds. The molecule has 0 saturated carbocycles. The number of carbonyl (C=O) groups is 1. The minimum atomic E-state index is -3.78. The number of likely N-dealkylation sites (N-methyl/N-ethyl adjacent to an activating group) is 1. The Kier molecular flexibility index (Phi) is 4.87. The molecule has 7 nitrogen and oxygen atoms in total. The summed E-state index contributed by atoms with van der Waals surface area (Å²) >= 11 is 0. The van der Waals surface area contributed by atoms with Crippen molar-refractivity contribution in [2.75, 3.05) is 7.05 Å². The van der Waals surface area contributed by atoms with E-state index in [4.69, 9.17) is 0 Å². The number of benzene rings is 1. The molecule has 0 radical (unpaired) electrons. The number of fused-ring (bicyclic) bond motifs is 3. The van der Waals surface area contributed by atoms with E-state index < -0.39 is 21.8 Å². The van der Waals surface area contributed by atoms with Gasteiger partial charge in [-0.2, -0.15) is 9.40 Å². The van der Waals surface area contributed by atoms with Crippen LogP contribution in [-0.2, 0) is 34.1 Å². The van der Waals surface area contributed by atoms with Crippen molar-refractivity contribution < 1.29 is 22.7 Å². The quantitative estimate of drug-likeness (QED) is 0.688. The monoisotopic (exact) mass is 417 g/mol. The van der Waals surface area contributed by atoms with Gasteiger partial charge in [0.1, 0.15) is 5.82 Å². The molecule has 3 aromatic rings. The Bertz CT molecular complexity index is 1190. The van der Waals surface area contributed by atoms with Crippen LogP contribution >= 0.6 is 0 Å². The SMILES string of the molecule is CN(C1CCc2c(CC(=O)O)c3cccnn3c2C1)S(=O)(=O)c1ccc(F)cc1. The number of nitrogens with zero attached hydrogens (tertiary/aromatic N) is 3. The maximum absolute atomic E-state index is 13.2. The van der Waals surface area contributed by atoms with Gasteiger partial charge in [-0.05, 0) is 60.4 Å². The lowest BCUT2D eigenvalue weighted by Gasteiger charge is -2.31. The zero-order chi connectivity index (χ0) is 20.8. The molecule has 1 aliphatic rings. The van der Waals surface area contributed by atoms with Gasteiger partial charge in [0, 0.05) is 31.4 Å². The van der Waals surface area contributed by atoms with Crippen molar-refractivity contribution in [2.45, 2.75) is 36.6 Å². The van der Waals surface area contributed by atoms with E-state index in [0.29, 0.717) is 19.3 Å². The summed E-state index contributed by atoms with van der Waals surface area (Å²) in [5, 5.41) is 13.7. The summed E-state index contributed by atoms with van der Waals surface area (Å²) in [7, 11) is -2.26. The van der Waals surface area contributed by atoms with Gasteiger partial charge in [0.2, 0.25) is 10.0 Å². The second-order valence-corrected chi connectivity index (χ2v) is 9.16. The summed E-state index contributed by atoms with van der Waals surface area (Å²) < 4.78 is 42.2. The Morgan fingerprint density at radius 3 is 2.72 bits per heavy atom. The third-order valence-electron chi connectivity index (χ3n) is 5.52. The molecule has 0 spiro atoms. The summed E-state index contributed by atoms with van der Waals surface area (Å²) in [6, 6.07) is 8.05. The first-order chi connectivity index (χ1) is 13.8. The lowest BCUT2D eigenvalue weighted by Crippen LogP contribution is -2.40. The summed E-state index contributed by atoms with van der Waals surface area (Å²) in [6.07, 6.45) is 3.08. The van der Waals surface area contributed by atoms with E-state index in [1.54, 1.807) is 16.8 Å². The molecule has 0 fully saturated rings. The van der Waals surface area contributed by atoms with Crippen molar-refractivity contribution in [1.82, 2.24) is 13.9 Å². The number of carboxylic acid groups (broad SMARTS) is 1. The third kappa shape index (κ3) is 3.40. The summed E-state index contributed by atoms with van der Waals surface area (Å²) in [5.74, 6) is -1.41. The van der Waals surface area contributed by atoms with Gasteiger partial charge < -0.3 is 5.11 Å². The number of sulfonamides is 1. The maximum atomic E-state index is 13.2. The Labute approximate surface area is 167 Å². The van der Waals surface area contributed by atoms with Crippen LogP contribution in [0.5, 0.6) is 0 Å². The zero-order valence-corrected chi connectivity index (χ0v) is 16.6. The average Bonchev–Trinajstić information content (AvgIpc) is 3.00. The predicted molar refractivity (Wildman–Crippen MR) is 104 cm³/mol. The molecule has 2 aromatic heterocycles. The lowest BCUT2D eigenvalue weighted by molar-refractivity contribution is -0.136. The van der Waals surface area contributed by atoms with E-state index in [0.717, 1.165) is 34.5 Å². The van der Waals surface area contributed by atoms with Crippen LogP contribution in [0.4, 0.5) is 4.39 Å². The first-order valence-corrected chi connectivity index (χ1v) is 10.6. The zero-order valence-electron chi connectivity index (χ0n) is 15.7. The molecule has 0 saturated heterocycles. The fourth-order valence-corrected chi connectivity index (χ4v) is 5.43. The van der Waals surface area contributed by atoms with Crippen LogP contribution in [-0.4, -0.2) is 46.5 Å². The highest BCUT2D eigenvalue weighted by Gasteiger charge is 2.34. The molecular weight excluding hydrogens is 397 g/mol. The van der Waals surface area contributed by atoms with Crippen molar-refractivity contribution in [3.05, 3.63) is 65.2 Å². The fourth-order valence-electron chi connectivity index (χ4n) is 4.04. The highest BCUT2D eigenvalue weighted by molar-refractivity contribution is 7.89. The van der Waals surface area contributed by atoms with Crippen LogP contribution in [0.2, 0.25) is 0 Å². The molecular formula is C20H20FN3O4S. The Hall–Kier alpha value is -2.78. The standard InChI is InChI=1S/C20H20FN3O4S/c1-23(29(27,28)15-7-4-13(21)5-8-15)14-6-9-16-17(12-20(25)26)18-3-2-10-22-24(18)19(16)11-14/h2-5,7-8,10,14H,6,9,11-12H2,1H3,(H,25,26). The van der Waals surface area contributed by atoms with E-state index in [1.807, 2.05) is 6.07 Å². The number of aliphatic carboxylic acids is 1. The Morgan fingerprint density at radius 1 is 1.31 bits per heavy atom. The summed E-state index contributed by atoms with van der Waals surface area (Å²) in [4.78, 5) is 11.4. The molecule has 1 atom stereocenters. The van der Waals surface area contributed by atoms with Crippen LogP contribution in [0.25, 0.3) is 5.52 Å². The second-order valence-electron chi connectivity index (χ2n) is 7.17. The van der Waals surface area contributed by atoms with E-state index >= 15 is 0 Å². The minimum absolute atomic E-state index is 0.0388. The van der Waals surface area contributed by atoms with Crippen LogP contribution in [0, 0.1) is 5.82 Å². The summed E-state index contributed by atoms with van der Waals surface area (Å²) in [6.45, 7) is 0. The topological polar surface area (TPSA) is 92.0 Å². The van der Waals surface area contributed by atoms with E-state index in [1.165, 1.54) is 23.5 Å². The molecule has 0 bridgehead atoms. The van der Waals surface area contributed by atoms with Crippen molar-refractivity contribution in [1.29, 1.82) is 0 Å². The smallest absolute Gasteiger partial charge is 0.307 e. The maximum Gasteiger partial charge on any atom is 0.307 e. The molecule has 4 rings (SSSR count). The number of carboxylic acids is 1. The average molecular weight is 417 g/mol. The fraction of sp³-hybridized carbons (Fsp3) is 0.300. The predicted octanol–water partition coefficient (Wildman–Crippen LogP) is 2.28. The number of aromatic nitrogens is 2. The van der Waals surface area contributed by atoms with Crippen LogP contribution < -0.4 is 0 Å². The normalized spacial score (nSPS) is 16.9. The van der Waals surface area contributed by atoms with Gasteiger partial charge >= 0.3 is 5.97 Å².